The molecule has 0 saturated heterocycles. The van der Waals surface area contributed by atoms with E-state index >= 15 is 0 Å². The second-order valence-corrected chi connectivity index (χ2v) is 5.52. The summed E-state index contributed by atoms with van der Waals surface area (Å²) in [5.74, 6) is 0. The second kappa shape index (κ2) is 12.8. The Bertz CT molecular complexity index is 652. The molecule has 1 rings (SSSR count). The van der Waals surface area contributed by atoms with Crippen molar-refractivity contribution in [1.29, 1.82) is 0 Å². The molecule has 132 valence electrons. The summed E-state index contributed by atoms with van der Waals surface area (Å²) in [5, 5.41) is 0. The Kier molecular flexibility index (Phi) is 10.5. The minimum Gasteiger partial charge on any atom is -0.296 e. The highest BCUT2D eigenvalue weighted by atomic mass is 15.1. The Balaban J connectivity index is 2.81. The average molecular weight is 336 g/mol. The first-order valence-electron chi connectivity index (χ1n) is 8.37. The predicted octanol–water partition coefficient (Wildman–Crippen LogP) is 4.25. The first-order chi connectivity index (χ1) is 12.2. The van der Waals surface area contributed by atoms with Gasteiger partial charge >= 0.3 is 0 Å². The molecule has 0 atom stereocenters. The molecule has 1 aromatic heterocycles. The van der Waals surface area contributed by atoms with E-state index < -0.39 is 0 Å². The zero-order valence-corrected chi connectivity index (χ0v) is 15.5. The number of nitrogens with zero attached hydrogens (tertiary/aromatic N) is 4. The molecular formula is C21H28N4. The smallest absolute Gasteiger partial charge is 0.0544 e. The largest absolute Gasteiger partial charge is 0.296 e. The molecule has 1 heterocycles. The van der Waals surface area contributed by atoms with Crippen LogP contribution in [0.15, 0.2) is 83.1 Å². The van der Waals surface area contributed by atoms with Crippen molar-refractivity contribution >= 4 is 11.9 Å². The highest BCUT2D eigenvalue weighted by molar-refractivity contribution is 5.96. The topological polar surface area (TPSA) is 40.9 Å². The van der Waals surface area contributed by atoms with Gasteiger partial charge in [-0.2, -0.15) is 0 Å². The fraction of sp³-hybridized carbons (Fsp3) is 0.286. The Morgan fingerprint density at radius 1 is 1.36 bits per heavy atom. The van der Waals surface area contributed by atoms with Gasteiger partial charge in [0.25, 0.3) is 0 Å². The van der Waals surface area contributed by atoms with Gasteiger partial charge in [-0.05, 0) is 37.6 Å². The van der Waals surface area contributed by atoms with Crippen LogP contribution in [0, 0.1) is 0 Å². The van der Waals surface area contributed by atoms with Crippen LogP contribution in [0.2, 0.25) is 0 Å². The summed E-state index contributed by atoms with van der Waals surface area (Å²) in [4.78, 5) is 15.1. The molecule has 0 radical (unpaired) electrons. The molecule has 4 nitrogen and oxygen atoms in total. The van der Waals surface area contributed by atoms with Crippen molar-refractivity contribution in [1.82, 2.24) is 9.88 Å². The maximum absolute atomic E-state index is 4.43. The number of hydrogen-bond donors (Lipinski definition) is 0. The lowest BCUT2D eigenvalue weighted by Crippen LogP contribution is -2.29. The van der Waals surface area contributed by atoms with Crippen molar-refractivity contribution in [3.8, 4) is 0 Å². The van der Waals surface area contributed by atoms with Crippen molar-refractivity contribution in [2.24, 2.45) is 9.98 Å². The van der Waals surface area contributed by atoms with Crippen LogP contribution < -0.4 is 0 Å². The average Bonchev–Trinajstić information content (AvgIpc) is 2.63. The number of pyridine rings is 1. The zero-order valence-electron chi connectivity index (χ0n) is 15.5. The maximum atomic E-state index is 4.43. The molecular weight excluding hydrogens is 308 g/mol. The van der Waals surface area contributed by atoms with Gasteiger partial charge in [-0.3, -0.25) is 19.9 Å². The summed E-state index contributed by atoms with van der Waals surface area (Å²) in [7, 11) is 1.77. The molecule has 0 N–H and O–H groups in total. The van der Waals surface area contributed by atoms with E-state index in [4.69, 9.17) is 0 Å². The van der Waals surface area contributed by atoms with Crippen LogP contribution in [0.5, 0.6) is 0 Å². The van der Waals surface area contributed by atoms with Gasteiger partial charge in [0.1, 0.15) is 0 Å². The van der Waals surface area contributed by atoms with Crippen molar-refractivity contribution in [3.63, 3.8) is 0 Å². The number of allylic oxidation sites excluding steroid dienone is 4. The number of aliphatic imine (C=N–C) groups is 2. The molecule has 0 fully saturated rings. The minimum absolute atomic E-state index is 0.716. The second-order valence-electron chi connectivity index (χ2n) is 5.52. The summed E-state index contributed by atoms with van der Waals surface area (Å²) < 4.78 is 0. The molecule has 0 amide bonds. The lowest BCUT2D eigenvalue weighted by Gasteiger charge is -2.20. The molecule has 0 aliphatic carbocycles. The molecule has 4 heteroatoms. The van der Waals surface area contributed by atoms with Crippen LogP contribution in [0.4, 0.5) is 0 Å². The lowest BCUT2D eigenvalue weighted by atomic mass is 10.2. The predicted molar refractivity (Wildman–Crippen MR) is 109 cm³/mol. The van der Waals surface area contributed by atoms with Crippen LogP contribution in [0.1, 0.15) is 19.5 Å². The van der Waals surface area contributed by atoms with Crippen LogP contribution in [-0.2, 0) is 6.54 Å². The highest BCUT2D eigenvalue weighted by Gasteiger charge is 2.07. The molecule has 0 saturated carbocycles. The molecule has 0 aromatic carbocycles. The van der Waals surface area contributed by atoms with Crippen LogP contribution in [0.3, 0.4) is 0 Å². The highest BCUT2D eigenvalue weighted by Crippen LogP contribution is 2.03. The summed E-state index contributed by atoms with van der Waals surface area (Å²) >= 11 is 0. The summed E-state index contributed by atoms with van der Waals surface area (Å²) in [6, 6.07) is 5.98. The Morgan fingerprint density at radius 2 is 2.20 bits per heavy atom. The van der Waals surface area contributed by atoms with E-state index in [1.807, 2.05) is 56.6 Å². The van der Waals surface area contributed by atoms with Gasteiger partial charge < -0.3 is 0 Å². The third-order valence-electron chi connectivity index (χ3n) is 3.31. The van der Waals surface area contributed by atoms with Crippen LogP contribution in [0.25, 0.3) is 0 Å². The van der Waals surface area contributed by atoms with Gasteiger partial charge in [0, 0.05) is 45.3 Å². The zero-order chi connectivity index (χ0) is 18.3. The third-order valence-corrected chi connectivity index (χ3v) is 3.31. The fourth-order valence-corrected chi connectivity index (χ4v) is 2.14. The van der Waals surface area contributed by atoms with Crippen molar-refractivity contribution in [2.45, 2.75) is 20.4 Å². The standard InChI is InChI=1S/C21H28N4/c1-5-13-23-20(6-2)17-25(18-21-12-7-9-14-24-21)15-10-8-11-19(3)16-22-4/h5-14,16H,2,15,17-18H2,1,3-4H3/b10-8+,13-5-,19-11-,22-16?,23-20?. The summed E-state index contributed by atoms with van der Waals surface area (Å²) in [6.45, 7) is 10.1. The SMILES string of the molecule is C=CC(CN(C/C=C/C=C(/C)C=NC)Cc1ccccn1)=N/C=C\C. The molecule has 0 aliphatic rings. The molecule has 1 aromatic rings. The van der Waals surface area contributed by atoms with Gasteiger partial charge in [-0.15, -0.1) is 0 Å². The van der Waals surface area contributed by atoms with E-state index in [0.717, 1.165) is 30.1 Å². The Labute approximate surface area is 151 Å². The van der Waals surface area contributed by atoms with Gasteiger partial charge in [0.15, 0.2) is 0 Å². The monoisotopic (exact) mass is 336 g/mol. The first-order valence-corrected chi connectivity index (χ1v) is 8.37. The van der Waals surface area contributed by atoms with E-state index in [0.29, 0.717) is 6.54 Å². The first kappa shape index (κ1) is 20.5. The number of hydrogen-bond acceptors (Lipinski definition) is 4. The molecule has 25 heavy (non-hydrogen) atoms. The van der Waals surface area contributed by atoms with Crippen LogP contribution >= 0.6 is 0 Å². The molecule has 0 unspecified atom stereocenters. The van der Waals surface area contributed by atoms with E-state index in [-0.39, 0.29) is 0 Å². The van der Waals surface area contributed by atoms with E-state index in [1.165, 1.54) is 0 Å². The van der Waals surface area contributed by atoms with E-state index in [9.17, 15) is 0 Å². The Morgan fingerprint density at radius 3 is 2.84 bits per heavy atom. The van der Waals surface area contributed by atoms with Crippen molar-refractivity contribution in [3.05, 3.63) is 78.8 Å². The molecule has 0 bridgehead atoms. The van der Waals surface area contributed by atoms with Gasteiger partial charge in [-0.1, -0.05) is 36.9 Å². The summed E-state index contributed by atoms with van der Waals surface area (Å²) in [6.07, 6.45) is 15.4. The van der Waals surface area contributed by atoms with Crippen molar-refractivity contribution < 1.29 is 0 Å². The maximum Gasteiger partial charge on any atom is 0.0544 e. The Hall–Kier alpha value is -2.59. The van der Waals surface area contributed by atoms with Crippen molar-refractivity contribution in [2.75, 3.05) is 20.1 Å². The fourth-order valence-electron chi connectivity index (χ4n) is 2.14. The third kappa shape index (κ3) is 9.33. The number of rotatable bonds is 10. The van der Waals surface area contributed by atoms with Gasteiger partial charge in [0.05, 0.1) is 11.4 Å². The normalized spacial score (nSPS) is 13.6. The van der Waals surface area contributed by atoms with Gasteiger partial charge in [-0.25, -0.2) is 0 Å². The minimum atomic E-state index is 0.716. The molecule has 0 aliphatic heterocycles. The van der Waals surface area contributed by atoms with E-state index in [2.05, 4.69) is 38.6 Å². The molecule has 0 spiro atoms. The number of aromatic nitrogens is 1. The summed E-state index contributed by atoms with van der Waals surface area (Å²) in [5.41, 5.74) is 3.10. The quantitative estimate of drug-likeness (QED) is 0.473. The lowest BCUT2D eigenvalue weighted by molar-refractivity contribution is 0.333. The van der Waals surface area contributed by atoms with Gasteiger partial charge in [0.2, 0.25) is 0 Å². The van der Waals surface area contributed by atoms with Crippen LogP contribution in [-0.4, -0.2) is 41.9 Å². The van der Waals surface area contributed by atoms with E-state index in [1.54, 1.807) is 19.3 Å².